The van der Waals surface area contributed by atoms with Crippen LogP contribution >= 0.6 is 9.24 Å². The number of alkyl carbamates (subject to hydrolysis) is 1. The van der Waals surface area contributed by atoms with E-state index in [1.54, 1.807) is 20.1 Å². The molecule has 14 nitrogen and oxygen atoms in total. The Morgan fingerprint density at radius 3 is 2.33 bits per heavy atom. The largest absolute Gasteiger partial charge is 0.467 e. The van der Waals surface area contributed by atoms with Crippen LogP contribution in [0.15, 0.2) is 69.5 Å². The minimum atomic E-state index is -0.264. The summed E-state index contributed by atoms with van der Waals surface area (Å²) < 4.78 is 31.8. The Hall–Kier alpha value is -5.50. The quantitative estimate of drug-likeness (QED) is 0.0598. The Labute approximate surface area is 517 Å². The van der Waals surface area contributed by atoms with E-state index in [0.29, 0.717) is 49.9 Å². The number of hydrogen-bond donors (Lipinski definition) is 3. The third kappa shape index (κ3) is 20.0. The molecule has 7 aliphatic rings. The molecule has 3 aromatic carbocycles. The number of dihydropyridines is 1. The Bertz CT molecular complexity index is 2850. The van der Waals surface area contributed by atoms with E-state index in [2.05, 4.69) is 92.3 Å². The van der Waals surface area contributed by atoms with Crippen molar-refractivity contribution in [3.8, 4) is 0 Å². The summed E-state index contributed by atoms with van der Waals surface area (Å²) in [5, 5.41) is 12.0. The second-order valence-electron chi connectivity index (χ2n) is 24.3. The van der Waals surface area contributed by atoms with E-state index in [9.17, 15) is 19.2 Å². The van der Waals surface area contributed by atoms with E-state index >= 15 is 4.39 Å². The molecule has 16 heteroatoms. The Morgan fingerprint density at radius 2 is 1.65 bits per heavy atom. The number of nitrogens with one attached hydrogen (secondary N) is 3. The number of unbranched alkanes of at least 4 members (excludes halogenated alkanes) is 2. The number of likely N-dealkylation sites (tertiary alicyclic amines) is 1. The molecule has 6 atom stereocenters. The lowest BCUT2D eigenvalue weighted by atomic mass is 9.78. The summed E-state index contributed by atoms with van der Waals surface area (Å²) in [4.78, 5) is 58.3. The summed E-state index contributed by atoms with van der Waals surface area (Å²) in [5.41, 5.74) is 9.33. The van der Waals surface area contributed by atoms with Crippen molar-refractivity contribution in [2.75, 3.05) is 53.1 Å². The normalized spacial score (nSPS) is 21.6. The molecular weight excluding hydrogens is 1100 g/mol. The molecule has 6 heterocycles. The monoisotopic (exact) mass is 1210 g/mol. The van der Waals surface area contributed by atoms with Gasteiger partial charge in [0.1, 0.15) is 30.1 Å². The summed E-state index contributed by atoms with van der Waals surface area (Å²) in [5.74, 6) is 2.18. The highest BCUT2D eigenvalue weighted by molar-refractivity contribution is 7.23. The van der Waals surface area contributed by atoms with Gasteiger partial charge in [0, 0.05) is 86.3 Å². The zero-order valence-corrected chi connectivity index (χ0v) is 55.1. The van der Waals surface area contributed by atoms with E-state index in [1.165, 1.54) is 80.2 Å². The Kier molecular flexibility index (Phi) is 29.2. The first kappa shape index (κ1) is 69.6. The molecule has 1 saturated carbocycles. The molecule has 3 amide bonds. The number of halogens is 1. The van der Waals surface area contributed by atoms with Crippen LogP contribution in [0.25, 0.3) is 16.5 Å². The summed E-state index contributed by atoms with van der Waals surface area (Å²) in [6.07, 6.45) is 23.7. The average molecular weight is 1210 g/mol. The number of aryl methyl sites for hydroxylation is 4. The van der Waals surface area contributed by atoms with E-state index in [0.717, 1.165) is 147 Å². The van der Waals surface area contributed by atoms with Gasteiger partial charge in [0.2, 0.25) is 11.8 Å². The number of ketones is 1. The number of carbonyl (C=O) groups is 4. The zero-order chi connectivity index (χ0) is 62.1. The van der Waals surface area contributed by atoms with Crippen LogP contribution in [0.5, 0.6) is 0 Å². The molecule has 0 aromatic heterocycles. The number of methoxy groups -OCH3 is 1. The van der Waals surface area contributed by atoms with Crippen molar-refractivity contribution in [2.24, 2.45) is 21.8 Å². The number of hydrogen-bond acceptors (Lipinski definition) is 12. The first-order valence-corrected chi connectivity index (χ1v) is 33.5. The van der Waals surface area contributed by atoms with Gasteiger partial charge in [0.05, 0.1) is 12.8 Å². The molecule has 10 rings (SSSR count). The summed E-state index contributed by atoms with van der Waals surface area (Å²) >= 11 is 0. The lowest BCUT2D eigenvalue weighted by molar-refractivity contribution is -0.136. The summed E-state index contributed by atoms with van der Waals surface area (Å²) in [6.45, 7) is 24.3. The van der Waals surface area contributed by atoms with Gasteiger partial charge in [0.25, 0.3) is 0 Å². The fraction of sp³-hybridized carbons (Fsp3) is 0.629. The van der Waals surface area contributed by atoms with E-state index < -0.39 is 0 Å². The highest BCUT2D eigenvalue weighted by atomic mass is 31.0. The van der Waals surface area contributed by atoms with E-state index in [4.69, 9.17) is 24.2 Å². The zero-order valence-electron chi connectivity index (χ0n) is 54.0. The van der Waals surface area contributed by atoms with Crippen molar-refractivity contribution in [1.82, 2.24) is 25.8 Å². The topological polar surface area (TPSA) is 163 Å². The number of amides is 3. The maximum Gasteiger partial charge on any atom is 0.407 e. The number of imide groups is 1. The second-order valence-corrected chi connectivity index (χ2v) is 24.9. The van der Waals surface area contributed by atoms with Crippen molar-refractivity contribution >= 4 is 61.3 Å². The van der Waals surface area contributed by atoms with Gasteiger partial charge in [-0.15, -0.1) is 9.24 Å². The lowest BCUT2D eigenvalue weighted by Gasteiger charge is -2.38. The van der Waals surface area contributed by atoms with Crippen LogP contribution in [0.3, 0.4) is 0 Å². The van der Waals surface area contributed by atoms with Crippen molar-refractivity contribution in [2.45, 2.75) is 221 Å². The maximum atomic E-state index is 15.0. The standard InChI is InChI=1S/C30H36FN4OP.C25H40N2O3.C8H13NO2.C5H10O.C2H6/c1-4-21-24(31)11-10-19-13-20(18-8-5-9-18)14-22(25(19)21)26-28(37)27-23(15-32-26)29(34-30(33-27)36-3)35-12-6-7-17(2)16-35;1-20-10-11-22(18-21(20)2)8-7-17-29-16-5-3-4-14-26-25(28)30-19-24-13-12-23-9-6-15-27(23)24;1-2-3-6-4-5-7(10)9-8(6)11;1-3-4-5(2)6;1-2/h10-11,13-15,17-18,27,32H,4-9,12,16,37H2,1-3H3;10-11,18,23-24H,3-9,12-17,19H2,1-2H3,(H,26,28);6H,2-5H2,1H3,(H,9,10,11);3-4H2,1-2H3;1-2H3. The first-order chi connectivity index (χ1) is 41.6. The number of amidine groups is 2. The van der Waals surface area contributed by atoms with Crippen molar-refractivity contribution in [3.63, 3.8) is 0 Å². The average Bonchev–Trinajstić information content (AvgIpc) is 1.35. The summed E-state index contributed by atoms with van der Waals surface area (Å²) in [7, 11) is 4.58. The number of piperidine rings is 2. The third-order valence-electron chi connectivity index (χ3n) is 17.8. The van der Waals surface area contributed by atoms with Crippen LogP contribution in [0.4, 0.5) is 9.18 Å². The fourth-order valence-electron chi connectivity index (χ4n) is 12.7. The Morgan fingerprint density at radius 1 is 0.872 bits per heavy atom. The number of benzene rings is 3. The molecule has 1 aliphatic carbocycles. The number of fused-ring (bicyclic) bond motifs is 3. The number of nitrogens with zero attached hydrogens (tertiary/aromatic N) is 4. The fourth-order valence-corrected chi connectivity index (χ4v) is 13.2. The molecule has 0 bridgehead atoms. The number of ether oxygens (including phenoxy) is 3. The predicted octanol–water partition coefficient (Wildman–Crippen LogP) is 14.4. The van der Waals surface area contributed by atoms with Crippen LogP contribution in [0.1, 0.15) is 210 Å². The Balaban J connectivity index is 0.000000214. The van der Waals surface area contributed by atoms with Crippen LogP contribution in [-0.2, 0) is 41.4 Å². The van der Waals surface area contributed by atoms with E-state index in [-0.39, 0.29) is 41.5 Å². The van der Waals surface area contributed by atoms with Gasteiger partial charge < -0.3 is 34.5 Å². The first-order valence-electron chi connectivity index (χ1n) is 32.9. The van der Waals surface area contributed by atoms with Crippen LogP contribution in [0.2, 0.25) is 0 Å². The van der Waals surface area contributed by atoms with Gasteiger partial charge in [-0.25, -0.2) is 14.2 Å². The highest BCUT2D eigenvalue weighted by Gasteiger charge is 2.38. The lowest BCUT2D eigenvalue weighted by Crippen LogP contribution is -2.45. The molecule has 0 radical (unpaired) electrons. The van der Waals surface area contributed by atoms with Gasteiger partial charge in [0.15, 0.2) is 0 Å². The van der Waals surface area contributed by atoms with Gasteiger partial charge in [-0.2, -0.15) is 4.99 Å². The number of aliphatic imine (C=N–C) groups is 2. The maximum absolute atomic E-state index is 15.0. The SMILES string of the molecule is CC.CCCC(C)=O.CCCC1CCC(=O)NC1=O.CCc1c(F)ccc2cc(C3CCC3)cc(C3=C(P)C4N=C(OC)N=C(N5CCCC(C)C5)C4=CN3)c12.Cc1ccc(CCCOCCCCCNC(=O)OCC2CCC3CCCN32)cc1C. The highest BCUT2D eigenvalue weighted by Crippen LogP contribution is 2.44. The van der Waals surface area contributed by atoms with Crippen molar-refractivity contribution in [3.05, 3.63) is 98.7 Å². The number of Topliss-reactive ketones (excluding diaryl/α,β-unsaturated/α-hetero) is 1. The minimum Gasteiger partial charge on any atom is -0.467 e. The van der Waals surface area contributed by atoms with Gasteiger partial charge in [-0.05, 0) is 199 Å². The molecule has 0 spiro atoms. The van der Waals surface area contributed by atoms with Crippen molar-refractivity contribution in [1.29, 1.82) is 0 Å². The molecule has 474 valence electrons. The smallest absolute Gasteiger partial charge is 0.407 e. The molecule has 6 unspecified atom stereocenters. The minimum absolute atomic E-state index is 0.0805. The molecule has 3 N–H and O–H groups in total. The molecule has 5 fully saturated rings. The predicted molar refractivity (Wildman–Crippen MR) is 352 cm³/mol. The second kappa shape index (κ2) is 36.1. The molecule has 6 aliphatic heterocycles. The van der Waals surface area contributed by atoms with Crippen LogP contribution in [-0.4, -0.2) is 117 Å². The number of carbonyl (C=O) groups excluding carboxylic acids is 4. The van der Waals surface area contributed by atoms with Gasteiger partial charge in [-0.3, -0.25) is 19.8 Å². The van der Waals surface area contributed by atoms with Crippen LogP contribution in [0, 0.1) is 31.5 Å². The molecule has 3 aromatic rings. The van der Waals surface area contributed by atoms with E-state index in [1.807, 2.05) is 40.7 Å². The molecule has 4 saturated heterocycles. The number of rotatable bonds is 19. The van der Waals surface area contributed by atoms with Crippen molar-refractivity contribution < 1.29 is 37.8 Å². The molecular formula is C70H105FN7O7P. The van der Waals surface area contributed by atoms with Gasteiger partial charge >= 0.3 is 12.1 Å². The van der Waals surface area contributed by atoms with Gasteiger partial charge in [-0.1, -0.05) is 84.7 Å². The van der Waals surface area contributed by atoms with Crippen LogP contribution < -0.4 is 16.0 Å². The molecule has 86 heavy (non-hydrogen) atoms. The third-order valence-corrected chi connectivity index (χ3v) is 18.4. The summed E-state index contributed by atoms with van der Waals surface area (Å²) in [6, 6.07) is 16.2.